The molecule has 3 nitrogen and oxygen atoms in total. The fourth-order valence-corrected chi connectivity index (χ4v) is 1.60. The number of hydrogen-bond donors (Lipinski definition) is 2. The number of nitrogens with two attached hydrogens (primary N) is 1. The van der Waals surface area contributed by atoms with Crippen molar-refractivity contribution in [2.75, 3.05) is 12.3 Å². The van der Waals surface area contributed by atoms with Crippen molar-refractivity contribution in [1.82, 2.24) is 5.32 Å². The number of carbonyl (C=O) groups excluding carboxylic acids is 1. The van der Waals surface area contributed by atoms with Crippen molar-refractivity contribution < 1.29 is 4.79 Å². The molecule has 0 radical (unpaired) electrons. The summed E-state index contributed by atoms with van der Waals surface area (Å²) in [5.41, 5.74) is 6.74. The van der Waals surface area contributed by atoms with E-state index in [1.807, 2.05) is 0 Å². The van der Waals surface area contributed by atoms with E-state index in [0.29, 0.717) is 24.2 Å². The number of carbonyl (C=O) groups is 1. The minimum absolute atomic E-state index is 0.142. The highest BCUT2D eigenvalue weighted by Gasteiger charge is 2.09. The van der Waals surface area contributed by atoms with Crippen molar-refractivity contribution in [2.24, 2.45) is 0 Å². The summed E-state index contributed by atoms with van der Waals surface area (Å²) in [7, 11) is 0. The van der Waals surface area contributed by atoms with Gasteiger partial charge in [0.05, 0.1) is 5.56 Å². The number of benzene rings is 1. The van der Waals surface area contributed by atoms with Gasteiger partial charge in [-0.25, -0.2) is 0 Å². The van der Waals surface area contributed by atoms with Crippen molar-refractivity contribution in [3.63, 3.8) is 0 Å². The van der Waals surface area contributed by atoms with Crippen molar-refractivity contribution >= 4 is 27.5 Å². The fraction of sp³-hybridized carbons (Fsp3) is 0.250. The molecule has 16 heavy (non-hydrogen) atoms. The van der Waals surface area contributed by atoms with E-state index in [9.17, 15) is 4.79 Å². The van der Waals surface area contributed by atoms with Gasteiger partial charge in [0, 0.05) is 23.1 Å². The zero-order chi connectivity index (χ0) is 12.0. The Bertz CT molecular complexity index is 446. The topological polar surface area (TPSA) is 55.1 Å². The molecule has 0 heterocycles. The average Bonchev–Trinajstić information content (AvgIpc) is 2.27. The molecule has 1 amide bonds. The lowest BCUT2D eigenvalue weighted by molar-refractivity contribution is 0.0954. The van der Waals surface area contributed by atoms with Crippen LogP contribution in [-0.2, 0) is 0 Å². The van der Waals surface area contributed by atoms with Crippen LogP contribution in [0.1, 0.15) is 23.7 Å². The van der Waals surface area contributed by atoms with E-state index in [1.54, 1.807) is 25.1 Å². The first-order valence-corrected chi connectivity index (χ1v) is 5.67. The minimum atomic E-state index is -0.142. The molecule has 0 aliphatic rings. The highest BCUT2D eigenvalue weighted by Crippen LogP contribution is 2.19. The van der Waals surface area contributed by atoms with Crippen molar-refractivity contribution in [2.45, 2.75) is 13.3 Å². The second kappa shape index (κ2) is 6.19. The van der Waals surface area contributed by atoms with Crippen LogP contribution >= 0.6 is 15.9 Å². The maximum atomic E-state index is 11.7. The molecule has 0 bridgehead atoms. The standard InChI is InChI=1S/C12H13BrN2O/c1-2-3-4-7-15-12(16)10-8-9(14)5-6-11(10)13/h5-6,8H,4,7,14H2,1H3,(H,15,16). The van der Waals surface area contributed by atoms with Crippen molar-refractivity contribution in [3.8, 4) is 11.8 Å². The summed E-state index contributed by atoms with van der Waals surface area (Å²) in [5, 5.41) is 2.77. The normalized spacial score (nSPS) is 9.12. The Hall–Kier alpha value is -1.47. The van der Waals surface area contributed by atoms with E-state index in [-0.39, 0.29) is 5.91 Å². The summed E-state index contributed by atoms with van der Waals surface area (Å²) < 4.78 is 0.737. The fourth-order valence-electron chi connectivity index (χ4n) is 1.18. The summed E-state index contributed by atoms with van der Waals surface area (Å²) in [6, 6.07) is 5.14. The van der Waals surface area contributed by atoms with Crippen LogP contribution in [0.2, 0.25) is 0 Å². The summed E-state index contributed by atoms with van der Waals surface area (Å²) in [6.07, 6.45) is 0.655. The molecule has 1 rings (SSSR count). The molecule has 0 unspecified atom stereocenters. The second-order valence-electron chi connectivity index (χ2n) is 3.17. The number of rotatable bonds is 3. The third-order valence-corrected chi connectivity index (χ3v) is 2.64. The zero-order valence-electron chi connectivity index (χ0n) is 9.01. The third-order valence-electron chi connectivity index (χ3n) is 1.95. The Morgan fingerprint density at radius 3 is 3.00 bits per heavy atom. The van der Waals surface area contributed by atoms with Crippen molar-refractivity contribution in [3.05, 3.63) is 28.2 Å². The molecule has 0 fully saturated rings. The molecule has 84 valence electrons. The van der Waals surface area contributed by atoms with Gasteiger partial charge in [-0.05, 0) is 41.1 Å². The third kappa shape index (κ3) is 3.59. The van der Waals surface area contributed by atoms with Crippen LogP contribution in [0, 0.1) is 11.8 Å². The lowest BCUT2D eigenvalue weighted by atomic mass is 10.2. The molecule has 3 N–H and O–H groups in total. The van der Waals surface area contributed by atoms with Crippen LogP contribution in [0.3, 0.4) is 0 Å². The molecule has 0 aliphatic heterocycles. The van der Waals surface area contributed by atoms with Crippen LogP contribution in [0.15, 0.2) is 22.7 Å². The summed E-state index contributed by atoms with van der Waals surface area (Å²) in [6.45, 7) is 2.32. The van der Waals surface area contributed by atoms with Crippen LogP contribution in [-0.4, -0.2) is 12.5 Å². The Balaban J connectivity index is 2.64. The molecule has 1 aromatic rings. The van der Waals surface area contributed by atoms with Crippen LogP contribution in [0.4, 0.5) is 5.69 Å². The van der Waals surface area contributed by atoms with Gasteiger partial charge in [-0.3, -0.25) is 4.79 Å². The predicted molar refractivity (Wildman–Crippen MR) is 69.0 cm³/mol. The van der Waals surface area contributed by atoms with E-state index in [0.717, 1.165) is 4.47 Å². The highest BCUT2D eigenvalue weighted by molar-refractivity contribution is 9.10. The Labute approximate surface area is 104 Å². The van der Waals surface area contributed by atoms with Crippen LogP contribution < -0.4 is 11.1 Å². The van der Waals surface area contributed by atoms with E-state index in [2.05, 4.69) is 33.1 Å². The molecule has 0 spiro atoms. The van der Waals surface area contributed by atoms with Gasteiger partial charge in [0.1, 0.15) is 0 Å². The largest absolute Gasteiger partial charge is 0.399 e. The van der Waals surface area contributed by atoms with E-state index < -0.39 is 0 Å². The number of amides is 1. The highest BCUT2D eigenvalue weighted by atomic mass is 79.9. The van der Waals surface area contributed by atoms with E-state index in [1.165, 1.54) is 0 Å². The summed E-state index contributed by atoms with van der Waals surface area (Å²) in [4.78, 5) is 11.7. The number of halogens is 1. The number of anilines is 1. The predicted octanol–water partition coefficient (Wildman–Crippen LogP) is 2.17. The van der Waals surface area contributed by atoms with Gasteiger partial charge in [-0.15, -0.1) is 11.8 Å². The van der Waals surface area contributed by atoms with Gasteiger partial charge >= 0.3 is 0 Å². The molecule has 0 aromatic heterocycles. The minimum Gasteiger partial charge on any atom is -0.399 e. The lowest BCUT2D eigenvalue weighted by Gasteiger charge is -2.06. The maximum absolute atomic E-state index is 11.7. The average molecular weight is 281 g/mol. The molecular weight excluding hydrogens is 268 g/mol. The number of nitrogens with one attached hydrogen (secondary N) is 1. The van der Waals surface area contributed by atoms with E-state index in [4.69, 9.17) is 5.73 Å². The Kier molecular flexibility index (Phi) is 4.87. The maximum Gasteiger partial charge on any atom is 0.252 e. The van der Waals surface area contributed by atoms with Gasteiger partial charge in [0.15, 0.2) is 0 Å². The number of nitrogen functional groups attached to an aromatic ring is 1. The van der Waals surface area contributed by atoms with Gasteiger partial charge < -0.3 is 11.1 Å². The molecule has 0 aliphatic carbocycles. The van der Waals surface area contributed by atoms with E-state index >= 15 is 0 Å². The number of hydrogen-bond acceptors (Lipinski definition) is 2. The first-order chi connectivity index (χ1) is 7.65. The monoisotopic (exact) mass is 280 g/mol. The molecule has 0 saturated heterocycles. The lowest BCUT2D eigenvalue weighted by Crippen LogP contribution is -2.24. The molecular formula is C12H13BrN2O. The molecule has 0 atom stereocenters. The summed E-state index contributed by atoms with van der Waals surface area (Å²) in [5.74, 6) is 5.51. The Morgan fingerprint density at radius 1 is 1.56 bits per heavy atom. The first kappa shape index (κ1) is 12.6. The quantitative estimate of drug-likeness (QED) is 0.507. The van der Waals surface area contributed by atoms with Gasteiger partial charge in [0.2, 0.25) is 0 Å². The van der Waals surface area contributed by atoms with Crippen molar-refractivity contribution in [1.29, 1.82) is 0 Å². The first-order valence-electron chi connectivity index (χ1n) is 4.88. The SMILES string of the molecule is CC#CCCNC(=O)c1cc(N)ccc1Br. The second-order valence-corrected chi connectivity index (χ2v) is 4.03. The zero-order valence-corrected chi connectivity index (χ0v) is 10.6. The summed E-state index contributed by atoms with van der Waals surface area (Å²) >= 11 is 3.31. The van der Waals surface area contributed by atoms with Crippen LogP contribution in [0.25, 0.3) is 0 Å². The van der Waals surface area contributed by atoms with Gasteiger partial charge in [-0.1, -0.05) is 0 Å². The molecule has 0 saturated carbocycles. The molecule has 4 heteroatoms. The smallest absolute Gasteiger partial charge is 0.252 e. The molecule has 1 aromatic carbocycles. The van der Waals surface area contributed by atoms with Gasteiger partial charge in [-0.2, -0.15) is 0 Å². The Morgan fingerprint density at radius 2 is 2.31 bits per heavy atom. The van der Waals surface area contributed by atoms with Gasteiger partial charge in [0.25, 0.3) is 5.91 Å². The van der Waals surface area contributed by atoms with Crippen LogP contribution in [0.5, 0.6) is 0 Å².